The van der Waals surface area contributed by atoms with Gasteiger partial charge in [0.15, 0.2) is 11.8 Å². The van der Waals surface area contributed by atoms with E-state index in [2.05, 4.69) is 50.3 Å². The summed E-state index contributed by atoms with van der Waals surface area (Å²) in [5.41, 5.74) is 2.93. The fraction of sp³-hybridized carbons (Fsp3) is 0.304. The van der Waals surface area contributed by atoms with Gasteiger partial charge in [-0.3, -0.25) is 0 Å². The van der Waals surface area contributed by atoms with Gasteiger partial charge in [0, 0.05) is 24.0 Å². The number of nitrogens with one attached hydrogen (secondary N) is 2. The zero-order valence-electron chi connectivity index (χ0n) is 18.5. The van der Waals surface area contributed by atoms with E-state index in [1.807, 2.05) is 42.8 Å². The Kier molecular flexibility index (Phi) is 6.96. The van der Waals surface area contributed by atoms with Crippen molar-refractivity contribution in [2.24, 2.45) is 12.0 Å². The van der Waals surface area contributed by atoms with Crippen LogP contribution in [-0.4, -0.2) is 32.3 Å². The first kappa shape index (κ1) is 21.8. The summed E-state index contributed by atoms with van der Waals surface area (Å²) >= 11 is 1.76. The number of guanidine groups is 1. The summed E-state index contributed by atoms with van der Waals surface area (Å²) in [4.78, 5) is 10.6. The van der Waals surface area contributed by atoms with Gasteiger partial charge in [-0.05, 0) is 43.8 Å². The molecule has 0 radical (unpaired) electrons. The Morgan fingerprint density at radius 3 is 2.69 bits per heavy atom. The van der Waals surface area contributed by atoms with Gasteiger partial charge in [0.1, 0.15) is 17.8 Å². The fourth-order valence-electron chi connectivity index (χ4n) is 3.07. The third kappa shape index (κ3) is 5.61. The van der Waals surface area contributed by atoms with Crippen LogP contribution >= 0.6 is 11.3 Å². The number of thiophene rings is 1. The van der Waals surface area contributed by atoms with Crippen molar-refractivity contribution < 1.29 is 4.42 Å². The van der Waals surface area contributed by atoms with E-state index in [0.29, 0.717) is 24.9 Å². The van der Waals surface area contributed by atoms with Crippen LogP contribution < -0.4 is 10.6 Å². The number of hydrogen-bond donors (Lipinski definition) is 2. The number of hydrogen-bond acceptors (Lipinski definition) is 6. The van der Waals surface area contributed by atoms with Crippen molar-refractivity contribution in [3.63, 3.8) is 0 Å². The molecule has 9 heteroatoms. The zero-order chi connectivity index (χ0) is 22.3. The smallest absolute Gasteiger partial charge is 0.226 e. The SMILES string of the molecule is Cc1ccc(-c2nc(CN=C(NCCc3cccs3)NCc3nnc(C)n3C)co2)cc1. The molecule has 0 atom stereocenters. The number of rotatable bonds is 8. The second-order valence-electron chi connectivity index (χ2n) is 7.51. The molecule has 0 fully saturated rings. The highest BCUT2D eigenvalue weighted by Gasteiger charge is 2.09. The minimum atomic E-state index is 0.404. The number of benzene rings is 1. The van der Waals surface area contributed by atoms with Crippen LogP contribution in [0.5, 0.6) is 0 Å². The highest BCUT2D eigenvalue weighted by Crippen LogP contribution is 2.19. The largest absolute Gasteiger partial charge is 0.444 e. The zero-order valence-corrected chi connectivity index (χ0v) is 19.3. The van der Waals surface area contributed by atoms with Crippen LogP contribution in [-0.2, 0) is 26.6 Å². The summed E-state index contributed by atoms with van der Waals surface area (Å²) in [5.74, 6) is 3.02. The standard InChI is InChI=1S/C23H27N7OS/c1-16-6-8-18(9-7-16)22-27-19(15-31-22)13-25-23(24-11-10-20-5-4-12-32-20)26-14-21-29-28-17(2)30(21)3/h4-9,12,15H,10-11,13-14H2,1-3H3,(H2,24,25,26). The Morgan fingerprint density at radius 2 is 1.97 bits per heavy atom. The maximum atomic E-state index is 5.66. The molecule has 0 unspecified atom stereocenters. The third-order valence-electron chi connectivity index (χ3n) is 5.09. The fourth-order valence-corrected chi connectivity index (χ4v) is 3.78. The second kappa shape index (κ2) is 10.2. The lowest BCUT2D eigenvalue weighted by molar-refractivity contribution is 0.572. The van der Waals surface area contributed by atoms with Crippen molar-refractivity contribution in [1.29, 1.82) is 0 Å². The Bertz CT molecular complexity index is 1160. The van der Waals surface area contributed by atoms with Crippen molar-refractivity contribution in [1.82, 2.24) is 30.4 Å². The second-order valence-corrected chi connectivity index (χ2v) is 8.54. The average molecular weight is 450 g/mol. The average Bonchev–Trinajstić information content (AvgIpc) is 3.54. The summed E-state index contributed by atoms with van der Waals surface area (Å²) in [5, 5.41) is 17.2. The van der Waals surface area contributed by atoms with Crippen molar-refractivity contribution in [3.05, 3.63) is 75.8 Å². The number of aryl methyl sites for hydroxylation is 2. The van der Waals surface area contributed by atoms with Crippen molar-refractivity contribution in [2.75, 3.05) is 6.54 Å². The van der Waals surface area contributed by atoms with Gasteiger partial charge in [-0.1, -0.05) is 23.8 Å². The summed E-state index contributed by atoms with van der Waals surface area (Å²) in [6.07, 6.45) is 2.59. The molecule has 166 valence electrons. The van der Waals surface area contributed by atoms with Crippen molar-refractivity contribution in [2.45, 2.75) is 33.4 Å². The Balaban J connectivity index is 1.41. The van der Waals surface area contributed by atoms with Gasteiger partial charge in [-0.15, -0.1) is 21.5 Å². The molecule has 0 amide bonds. The van der Waals surface area contributed by atoms with E-state index in [1.54, 1.807) is 17.6 Å². The maximum absolute atomic E-state index is 5.66. The lowest BCUT2D eigenvalue weighted by Crippen LogP contribution is -2.38. The molecule has 32 heavy (non-hydrogen) atoms. The first-order chi connectivity index (χ1) is 15.6. The molecular weight excluding hydrogens is 422 g/mol. The molecule has 0 aliphatic heterocycles. The van der Waals surface area contributed by atoms with Gasteiger partial charge >= 0.3 is 0 Å². The topological polar surface area (TPSA) is 93.2 Å². The van der Waals surface area contributed by atoms with E-state index >= 15 is 0 Å². The summed E-state index contributed by atoms with van der Waals surface area (Å²) in [6.45, 7) is 5.69. The Morgan fingerprint density at radius 1 is 1.12 bits per heavy atom. The lowest BCUT2D eigenvalue weighted by Gasteiger charge is -2.12. The van der Waals surface area contributed by atoms with Gasteiger partial charge < -0.3 is 19.6 Å². The van der Waals surface area contributed by atoms with Gasteiger partial charge in [-0.25, -0.2) is 9.98 Å². The van der Waals surface area contributed by atoms with E-state index < -0.39 is 0 Å². The normalized spacial score (nSPS) is 11.7. The van der Waals surface area contributed by atoms with Gasteiger partial charge in [0.25, 0.3) is 0 Å². The third-order valence-corrected chi connectivity index (χ3v) is 6.03. The summed E-state index contributed by atoms with van der Waals surface area (Å²) in [7, 11) is 1.95. The molecule has 3 aromatic heterocycles. The number of oxazole rings is 1. The molecule has 0 bridgehead atoms. The summed E-state index contributed by atoms with van der Waals surface area (Å²) < 4.78 is 7.62. The molecule has 0 saturated carbocycles. The van der Waals surface area contributed by atoms with Crippen LogP contribution in [0.3, 0.4) is 0 Å². The van der Waals surface area contributed by atoms with Crippen molar-refractivity contribution >= 4 is 17.3 Å². The lowest BCUT2D eigenvalue weighted by atomic mass is 10.1. The minimum absolute atomic E-state index is 0.404. The molecule has 0 spiro atoms. The molecule has 2 N–H and O–H groups in total. The molecule has 8 nitrogen and oxygen atoms in total. The van der Waals surface area contributed by atoms with Crippen LogP contribution in [0.4, 0.5) is 0 Å². The Labute approximate surface area is 191 Å². The first-order valence-corrected chi connectivity index (χ1v) is 11.4. The van der Waals surface area contributed by atoms with E-state index in [0.717, 1.165) is 35.9 Å². The van der Waals surface area contributed by atoms with E-state index in [-0.39, 0.29) is 0 Å². The Hall–Kier alpha value is -3.46. The van der Waals surface area contributed by atoms with Gasteiger partial charge in [0.2, 0.25) is 5.89 Å². The van der Waals surface area contributed by atoms with Gasteiger partial charge in [-0.2, -0.15) is 0 Å². The number of aromatic nitrogens is 4. The molecule has 0 aliphatic rings. The van der Waals surface area contributed by atoms with E-state index in [1.165, 1.54) is 10.4 Å². The van der Waals surface area contributed by atoms with Crippen LogP contribution in [0.25, 0.3) is 11.5 Å². The van der Waals surface area contributed by atoms with Crippen LogP contribution in [0, 0.1) is 13.8 Å². The number of aliphatic imine (C=N–C) groups is 1. The molecule has 1 aromatic carbocycles. The van der Waals surface area contributed by atoms with Crippen LogP contribution in [0.1, 0.15) is 27.8 Å². The number of nitrogens with zero attached hydrogens (tertiary/aromatic N) is 5. The molecular formula is C23H27N7OS. The summed E-state index contributed by atoms with van der Waals surface area (Å²) in [6, 6.07) is 12.3. The van der Waals surface area contributed by atoms with E-state index in [9.17, 15) is 0 Å². The molecule has 0 aliphatic carbocycles. The highest BCUT2D eigenvalue weighted by molar-refractivity contribution is 7.09. The van der Waals surface area contributed by atoms with Gasteiger partial charge in [0.05, 0.1) is 13.1 Å². The highest BCUT2D eigenvalue weighted by atomic mass is 32.1. The first-order valence-electron chi connectivity index (χ1n) is 10.5. The molecule has 4 aromatic rings. The minimum Gasteiger partial charge on any atom is -0.444 e. The monoisotopic (exact) mass is 449 g/mol. The predicted octanol–water partition coefficient (Wildman–Crippen LogP) is 3.63. The predicted molar refractivity (Wildman–Crippen MR) is 126 cm³/mol. The molecule has 3 heterocycles. The van der Waals surface area contributed by atoms with E-state index in [4.69, 9.17) is 9.41 Å². The van der Waals surface area contributed by atoms with Crippen LogP contribution in [0.15, 0.2) is 57.5 Å². The van der Waals surface area contributed by atoms with Crippen molar-refractivity contribution in [3.8, 4) is 11.5 Å². The molecule has 0 saturated heterocycles. The maximum Gasteiger partial charge on any atom is 0.226 e. The quantitative estimate of drug-likeness (QED) is 0.315. The molecule has 4 rings (SSSR count). The van der Waals surface area contributed by atoms with Crippen LogP contribution in [0.2, 0.25) is 0 Å².